The van der Waals surface area contributed by atoms with Crippen LogP contribution in [0.25, 0.3) is 27.5 Å². The zero-order valence-corrected chi connectivity index (χ0v) is 27.4. The summed E-state index contributed by atoms with van der Waals surface area (Å²) in [7, 11) is 1.96. The van der Waals surface area contributed by atoms with E-state index >= 15 is 0 Å². The number of anilines is 1. The number of ether oxygens (including phenoxy) is 1. The van der Waals surface area contributed by atoms with Crippen LogP contribution in [-0.2, 0) is 20.2 Å². The number of pyridine rings is 1. The predicted octanol–water partition coefficient (Wildman–Crippen LogP) is 8.00. The number of amides is 1. The molecule has 0 bridgehead atoms. The lowest BCUT2D eigenvalue weighted by Gasteiger charge is -2.25. The maximum Gasteiger partial charge on any atom is 0.280 e. The monoisotopic (exact) mass is 685 g/mol. The number of H-pyrrole nitrogens is 1. The lowest BCUT2D eigenvalue weighted by Crippen LogP contribution is -2.29. The van der Waals surface area contributed by atoms with E-state index in [1.165, 1.54) is 12.1 Å². The first kappa shape index (κ1) is 32.4. The third-order valence-corrected chi connectivity index (χ3v) is 8.93. The number of aryl methyl sites for hydroxylation is 2. The molecule has 0 saturated carbocycles. The molecule has 1 amide bonds. The Kier molecular flexibility index (Phi) is 8.82. The van der Waals surface area contributed by atoms with Gasteiger partial charge in [0.25, 0.3) is 12.3 Å². The molecule has 49 heavy (non-hydrogen) atoms. The van der Waals surface area contributed by atoms with Gasteiger partial charge in [-0.25, -0.2) is 23.1 Å². The van der Waals surface area contributed by atoms with Gasteiger partial charge in [-0.2, -0.15) is 5.10 Å². The first-order chi connectivity index (χ1) is 23.6. The molecule has 9 nitrogen and oxygen atoms in total. The van der Waals surface area contributed by atoms with Crippen molar-refractivity contribution >= 4 is 50.7 Å². The van der Waals surface area contributed by atoms with Gasteiger partial charge in [0.2, 0.25) is 5.88 Å². The zero-order valence-electron chi connectivity index (χ0n) is 26.6. The van der Waals surface area contributed by atoms with Crippen LogP contribution < -0.4 is 10.1 Å². The van der Waals surface area contributed by atoms with E-state index < -0.39 is 18.1 Å². The molecule has 0 fully saturated rings. The number of imidazole rings is 1. The van der Waals surface area contributed by atoms with Crippen LogP contribution in [0.4, 0.5) is 18.9 Å². The summed E-state index contributed by atoms with van der Waals surface area (Å²) in [6.45, 7) is 3.90. The highest BCUT2D eigenvalue weighted by atomic mass is 35.5. The molecule has 0 spiro atoms. The Hall–Kier alpha value is -5.20. The number of carbonyl (C=O) groups is 1. The maximum atomic E-state index is 14.2. The number of aromatic amines is 1. The van der Waals surface area contributed by atoms with Crippen LogP contribution in [0.15, 0.2) is 72.8 Å². The molecule has 250 valence electrons. The van der Waals surface area contributed by atoms with E-state index in [0.29, 0.717) is 46.3 Å². The van der Waals surface area contributed by atoms with Crippen LogP contribution in [-0.4, -0.2) is 48.6 Å². The first-order valence-corrected chi connectivity index (χ1v) is 16.0. The lowest BCUT2D eigenvalue weighted by molar-refractivity contribution is 0.102. The topological polar surface area (TPSA) is 101 Å². The lowest BCUT2D eigenvalue weighted by atomic mass is 10.0. The molecule has 2 N–H and O–H groups in total. The zero-order chi connectivity index (χ0) is 34.2. The fraction of sp³-hybridized carbons (Fsp3) is 0.222. The summed E-state index contributed by atoms with van der Waals surface area (Å²) in [6.07, 6.45) is 0.199. The Morgan fingerprint density at radius 1 is 1.10 bits per heavy atom. The van der Waals surface area contributed by atoms with Crippen LogP contribution in [0.2, 0.25) is 5.02 Å². The Balaban J connectivity index is 1.00. The molecule has 0 atom stereocenters. The van der Waals surface area contributed by atoms with Crippen LogP contribution in [0.5, 0.6) is 5.88 Å². The summed E-state index contributed by atoms with van der Waals surface area (Å²) in [5.74, 6) is 0.454. The van der Waals surface area contributed by atoms with Gasteiger partial charge in [-0.15, -0.1) is 0 Å². The number of hydrogen-bond acceptors (Lipinski definition) is 6. The van der Waals surface area contributed by atoms with Crippen molar-refractivity contribution in [1.29, 1.82) is 0 Å². The molecule has 4 heterocycles. The number of fused-ring (bicyclic) bond motifs is 2. The summed E-state index contributed by atoms with van der Waals surface area (Å²) in [6, 6.07) is 18.6. The summed E-state index contributed by atoms with van der Waals surface area (Å²) in [4.78, 5) is 24.9. The van der Waals surface area contributed by atoms with Crippen molar-refractivity contribution in [3.63, 3.8) is 0 Å². The van der Waals surface area contributed by atoms with Crippen molar-refractivity contribution in [2.75, 3.05) is 18.4 Å². The summed E-state index contributed by atoms with van der Waals surface area (Å²) < 4.78 is 48.9. The molecule has 6 aromatic rings. The van der Waals surface area contributed by atoms with Gasteiger partial charge in [0.05, 0.1) is 28.8 Å². The van der Waals surface area contributed by atoms with Crippen molar-refractivity contribution in [3.8, 4) is 5.88 Å². The van der Waals surface area contributed by atoms with Crippen molar-refractivity contribution in [2.45, 2.75) is 32.9 Å². The molecule has 3 aromatic carbocycles. The molecular formula is C36H31ClF3N7O2. The molecule has 7 rings (SSSR count). The fourth-order valence-electron chi connectivity index (χ4n) is 6.03. The Bertz CT molecular complexity index is 2250. The Labute approximate surface area is 284 Å². The summed E-state index contributed by atoms with van der Waals surface area (Å²) in [5.41, 5.74) is 5.50. The van der Waals surface area contributed by atoms with E-state index in [1.54, 1.807) is 43.3 Å². The van der Waals surface area contributed by atoms with Gasteiger partial charge in [0.15, 0.2) is 0 Å². The van der Waals surface area contributed by atoms with E-state index in [1.807, 2.05) is 29.8 Å². The molecule has 13 heteroatoms. The minimum atomic E-state index is -2.73. The van der Waals surface area contributed by atoms with Gasteiger partial charge in [0, 0.05) is 53.4 Å². The summed E-state index contributed by atoms with van der Waals surface area (Å²) in [5, 5.41) is 9.80. The molecule has 1 aliphatic heterocycles. The number of nitrogens with one attached hydrogen (secondary N) is 2. The highest BCUT2D eigenvalue weighted by Crippen LogP contribution is 2.30. The molecular weight excluding hydrogens is 655 g/mol. The Morgan fingerprint density at radius 3 is 2.73 bits per heavy atom. The minimum absolute atomic E-state index is 0.0461. The van der Waals surface area contributed by atoms with Crippen LogP contribution >= 0.6 is 11.6 Å². The van der Waals surface area contributed by atoms with Gasteiger partial charge in [-0.1, -0.05) is 29.8 Å². The van der Waals surface area contributed by atoms with Gasteiger partial charge in [0.1, 0.15) is 23.9 Å². The fourth-order valence-corrected chi connectivity index (χ4v) is 6.19. The molecule has 3 aromatic heterocycles. The van der Waals surface area contributed by atoms with Crippen LogP contribution in [0.3, 0.4) is 0 Å². The number of halogens is 4. The van der Waals surface area contributed by atoms with E-state index in [-0.39, 0.29) is 23.3 Å². The number of nitrogens with zero attached hydrogens (tertiary/aromatic N) is 5. The molecule has 0 aliphatic carbocycles. The second-order valence-corrected chi connectivity index (χ2v) is 12.4. The normalized spacial score (nSPS) is 13.7. The largest absolute Gasteiger partial charge is 0.473 e. The average Bonchev–Trinajstić information content (AvgIpc) is 3.66. The predicted molar refractivity (Wildman–Crippen MR) is 182 cm³/mol. The van der Waals surface area contributed by atoms with E-state index in [0.717, 1.165) is 41.1 Å². The van der Waals surface area contributed by atoms with Crippen molar-refractivity contribution in [1.82, 2.24) is 29.6 Å². The number of rotatable bonds is 9. The molecule has 1 aliphatic rings. The maximum absolute atomic E-state index is 14.2. The Morgan fingerprint density at radius 2 is 1.96 bits per heavy atom. The first-order valence-electron chi connectivity index (χ1n) is 15.6. The third kappa shape index (κ3) is 6.74. The SMILES string of the molecule is Cc1cc(C(=O)Nc2ccc3c(c2)nc(CN2CC=C(c4cccc(OCc5ccc(Cl)cc5F)n4)CC2)n3C)cc2c(C(F)F)[nH]nc12. The average molecular weight is 686 g/mol. The molecule has 0 saturated heterocycles. The number of carbonyl (C=O) groups excluding carboxylic acids is 1. The quantitative estimate of drug-likeness (QED) is 0.160. The van der Waals surface area contributed by atoms with Crippen molar-refractivity contribution in [3.05, 3.63) is 118 Å². The van der Waals surface area contributed by atoms with Gasteiger partial charge in [-0.05, 0) is 73.0 Å². The third-order valence-electron chi connectivity index (χ3n) is 8.69. The van der Waals surface area contributed by atoms with Crippen LogP contribution in [0, 0.1) is 12.7 Å². The number of alkyl halides is 2. The molecule has 0 radical (unpaired) electrons. The van der Waals surface area contributed by atoms with Gasteiger partial charge >= 0.3 is 0 Å². The summed E-state index contributed by atoms with van der Waals surface area (Å²) >= 11 is 5.85. The van der Waals surface area contributed by atoms with Gasteiger partial charge in [-0.3, -0.25) is 14.8 Å². The highest BCUT2D eigenvalue weighted by Gasteiger charge is 2.20. The minimum Gasteiger partial charge on any atom is -0.473 e. The van der Waals surface area contributed by atoms with E-state index in [9.17, 15) is 18.0 Å². The van der Waals surface area contributed by atoms with Crippen molar-refractivity contribution in [2.24, 2.45) is 7.05 Å². The van der Waals surface area contributed by atoms with Crippen molar-refractivity contribution < 1.29 is 22.7 Å². The standard InChI is InChI=1S/C36H31ClF3N7O2/c1-20-14-23(15-26-33(20)44-45-34(26)35(39)40)36(48)41-25-8-9-30-29(17-25)42-31(46(30)2)18-47-12-10-21(11-13-47)28-4-3-5-32(43-28)49-19-22-6-7-24(37)16-27(22)38/h3-10,14-17,35H,11-13,18-19H2,1-2H3,(H,41,48)(H,44,45). The number of hydrogen-bond donors (Lipinski definition) is 2. The van der Waals surface area contributed by atoms with E-state index in [2.05, 4.69) is 31.5 Å². The van der Waals surface area contributed by atoms with Crippen LogP contribution in [0.1, 0.15) is 51.5 Å². The second-order valence-electron chi connectivity index (χ2n) is 12.0. The second kappa shape index (κ2) is 13.4. The smallest absolute Gasteiger partial charge is 0.280 e. The number of aromatic nitrogens is 5. The van der Waals surface area contributed by atoms with E-state index in [4.69, 9.17) is 21.3 Å². The van der Waals surface area contributed by atoms with Gasteiger partial charge < -0.3 is 14.6 Å². The molecule has 0 unspecified atom stereocenters. The highest BCUT2D eigenvalue weighted by molar-refractivity contribution is 6.30. The number of benzene rings is 3.